The maximum atomic E-state index is 11.1. The van der Waals surface area contributed by atoms with Gasteiger partial charge in [0.25, 0.3) is 0 Å². The standard InChI is InChI=1S/C25H44O21/c1-39-19-11(30)7(3-27)43-24(17(19)36)46-21-12(31)8(4-28)44-25(18(21)37)45-20-13(32)9(41-22(38)16(20)35)5-40-23-15(34)14(33)10(29)6(2-26)42-23/h6-38H,2-5H2,1H3/t6?,7?,8?,9?,10-,11-,12-,13-,14+,15?,16?,17?,18?,19+,20+,21+,22-,23-,24+,25+/m1/s1. The van der Waals surface area contributed by atoms with Crippen LogP contribution in [0.3, 0.4) is 0 Å². The lowest BCUT2D eigenvalue weighted by Crippen LogP contribution is -2.67. The maximum absolute atomic E-state index is 11.1. The Morgan fingerprint density at radius 3 is 1.39 bits per heavy atom. The van der Waals surface area contributed by atoms with Crippen LogP contribution in [0.1, 0.15) is 0 Å². The fraction of sp³-hybridized carbons (Fsp3) is 1.00. The summed E-state index contributed by atoms with van der Waals surface area (Å²) >= 11 is 0. The van der Waals surface area contributed by atoms with Gasteiger partial charge in [-0.3, -0.25) is 0 Å². The molecule has 4 saturated heterocycles. The summed E-state index contributed by atoms with van der Waals surface area (Å²) in [7, 11) is 1.17. The fourth-order valence-electron chi connectivity index (χ4n) is 5.69. The molecule has 21 nitrogen and oxygen atoms in total. The molecule has 13 N–H and O–H groups in total. The van der Waals surface area contributed by atoms with E-state index in [1.54, 1.807) is 0 Å². The van der Waals surface area contributed by atoms with Gasteiger partial charge in [-0.15, -0.1) is 0 Å². The van der Waals surface area contributed by atoms with Crippen molar-refractivity contribution in [1.29, 1.82) is 0 Å². The van der Waals surface area contributed by atoms with Crippen molar-refractivity contribution in [2.75, 3.05) is 33.5 Å². The van der Waals surface area contributed by atoms with Crippen LogP contribution in [0.25, 0.3) is 0 Å². The second kappa shape index (κ2) is 16.2. The first-order valence-corrected chi connectivity index (χ1v) is 14.5. The molecule has 8 unspecified atom stereocenters. The van der Waals surface area contributed by atoms with Crippen molar-refractivity contribution in [3.63, 3.8) is 0 Å². The molecule has 4 fully saturated rings. The fourth-order valence-corrected chi connectivity index (χ4v) is 5.69. The zero-order valence-electron chi connectivity index (χ0n) is 24.5. The molecule has 270 valence electrons. The molecule has 0 saturated carbocycles. The number of methoxy groups -OCH3 is 1. The van der Waals surface area contributed by atoms with Crippen molar-refractivity contribution >= 4 is 0 Å². The second-order valence-electron chi connectivity index (χ2n) is 11.4. The Labute approximate surface area is 261 Å². The van der Waals surface area contributed by atoms with Crippen molar-refractivity contribution in [3.8, 4) is 0 Å². The Morgan fingerprint density at radius 2 is 0.870 bits per heavy atom. The van der Waals surface area contributed by atoms with E-state index in [1.807, 2.05) is 0 Å². The third-order valence-electron chi connectivity index (χ3n) is 8.43. The van der Waals surface area contributed by atoms with Gasteiger partial charge in [-0.1, -0.05) is 0 Å². The minimum Gasteiger partial charge on any atom is -0.394 e. The number of rotatable bonds is 11. The first kappa shape index (κ1) is 38.0. The summed E-state index contributed by atoms with van der Waals surface area (Å²) in [6.07, 6.45) is -33.8. The largest absolute Gasteiger partial charge is 0.394 e. The molecule has 0 amide bonds. The molecule has 0 aromatic heterocycles. The Kier molecular flexibility index (Phi) is 13.4. The van der Waals surface area contributed by atoms with E-state index in [0.29, 0.717) is 0 Å². The van der Waals surface area contributed by atoms with Gasteiger partial charge in [-0.25, -0.2) is 0 Å². The summed E-state index contributed by atoms with van der Waals surface area (Å²) in [6.45, 7) is -3.01. The van der Waals surface area contributed by atoms with Gasteiger partial charge in [-0.05, 0) is 0 Å². The lowest BCUT2D eigenvalue weighted by atomic mass is 9.96. The number of hydrogen-bond donors (Lipinski definition) is 13. The van der Waals surface area contributed by atoms with Gasteiger partial charge in [0.1, 0.15) is 97.7 Å². The van der Waals surface area contributed by atoms with Crippen molar-refractivity contribution < 1.29 is 104 Å². The van der Waals surface area contributed by atoms with E-state index >= 15 is 0 Å². The molecule has 4 aliphatic heterocycles. The van der Waals surface area contributed by atoms with Crippen LogP contribution in [0, 0.1) is 0 Å². The molecule has 0 spiro atoms. The van der Waals surface area contributed by atoms with Gasteiger partial charge in [0.15, 0.2) is 25.2 Å². The number of aliphatic hydroxyl groups is 13. The van der Waals surface area contributed by atoms with Crippen LogP contribution < -0.4 is 0 Å². The van der Waals surface area contributed by atoms with E-state index in [-0.39, 0.29) is 0 Å². The normalized spacial score (nSPS) is 52.0. The van der Waals surface area contributed by atoms with Crippen LogP contribution in [0.5, 0.6) is 0 Å². The van der Waals surface area contributed by atoms with Crippen LogP contribution >= 0.6 is 0 Å². The first-order valence-electron chi connectivity index (χ1n) is 14.5. The predicted molar refractivity (Wildman–Crippen MR) is 139 cm³/mol. The van der Waals surface area contributed by atoms with Crippen LogP contribution in [0.15, 0.2) is 0 Å². The van der Waals surface area contributed by atoms with Gasteiger partial charge in [-0.2, -0.15) is 0 Å². The topological polar surface area (TPSA) is 337 Å². The van der Waals surface area contributed by atoms with E-state index in [1.165, 1.54) is 7.11 Å². The van der Waals surface area contributed by atoms with Crippen LogP contribution in [0.4, 0.5) is 0 Å². The molecule has 4 aliphatic rings. The minimum atomic E-state index is -2.03. The van der Waals surface area contributed by atoms with Gasteiger partial charge < -0.3 is 104 Å². The van der Waals surface area contributed by atoms with E-state index in [9.17, 15) is 66.4 Å². The number of hydrogen-bond acceptors (Lipinski definition) is 21. The van der Waals surface area contributed by atoms with Gasteiger partial charge >= 0.3 is 0 Å². The summed E-state index contributed by atoms with van der Waals surface area (Å²) in [5.74, 6) is 0. The molecule has 0 radical (unpaired) electrons. The van der Waals surface area contributed by atoms with Gasteiger partial charge in [0.05, 0.1) is 26.4 Å². The molecule has 0 aliphatic carbocycles. The van der Waals surface area contributed by atoms with Crippen LogP contribution in [-0.4, -0.2) is 223 Å². The SMILES string of the molecule is CO[C@@H]1C(O)[C@H](O[C@@H]2C(O)[C@H](O[C@@H]3C(O)[C@H](O)OC(CO[C@@H]4OC(CO)[C@@H](O)[C@H](O)C4O)[C@H]3O)OC(CO)[C@H]2O)OC(CO)[C@H]1O. The quantitative estimate of drug-likeness (QED) is 0.0963. The molecule has 21 heteroatoms. The summed E-state index contributed by atoms with van der Waals surface area (Å²) in [6, 6.07) is 0. The summed E-state index contributed by atoms with van der Waals surface area (Å²) < 4.78 is 42.9. The average Bonchev–Trinajstić information content (AvgIpc) is 3.04. The van der Waals surface area contributed by atoms with Crippen molar-refractivity contribution in [1.82, 2.24) is 0 Å². The molecule has 4 rings (SSSR count). The summed E-state index contributed by atoms with van der Waals surface area (Å²) in [4.78, 5) is 0. The zero-order chi connectivity index (χ0) is 34.0. The Bertz CT molecular complexity index is 932. The van der Waals surface area contributed by atoms with Gasteiger partial charge in [0.2, 0.25) is 0 Å². The van der Waals surface area contributed by atoms with Crippen molar-refractivity contribution in [3.05, 3.63) is 0 Å². The van der Waals surface area contributed by atoms with E-state index in [2.05, 4.69) is 0 Å². The highest BCUT2D eigenvalue weighted by molar-refractivity contribution is 4.97. The van der Waals surface area contributed by atoms with Crippen molar-refractivity contribution in [2.45, 2.75) is 123 Å². The molecule has 20 atom stereocenters. The molecule has 0 bridgehead atoms. The smallest absolute Gasteiger partial charge is 0.187 e. The molecule has 46 heavy (non-hydrogen) atoms. The molecule has 4 heterocycles. The average molecular weight is 681 g/mol. The number of ether oxygens (including phenoxy) is 8. The third kappa shape index (κ3) is 7.65. The van der Waals surface area contributed by atoms with E-state index < -0.39 is 149 Å². The highest BCUT2D eigenvalue weighted by Crippen LogP contribution is 2.33. The first-order chi connectivity index (χ1) is 21.8. The predicted octanol–water partition coefficient (Wildman–Crippen LogP) is -9.09. The van der Waals surface area contributed by atoms with Crippen molar-refractivity contribution in [2.24, 2.45) is 0 Å². The number of aliphatic hydroxyl groups excluding tert-OH is 13. The monoisotopic (exact) mass is 680 g/mol. The molecule has 0 aromatic carbocycles. The highest BCUT2D eigenvalue weighted by atomic mass is 16.8. The molecule has 0 aromatic rings. The Hall–Kier alpha value is -0.840. The van der Waals surface area contributed by atoms with E-state index in [4.69, 9.17) is 37.9 Å². The lowest BCUT2D eigenvalue weighted by molar-refractivity contribution is -0.381. The van der Waals surface area contributed by atoms with E-state index in [0.717, 1.165) is 0 Å². The highest BCUT2D eigenvalue weighted by Gasteiger charge is 2.54. The molecular formula is C25H44O21. The maximum Gasteiger partial charge on any atom is 0.187 e. The summed E-state index contributed by atoms with van der Waals surface area (Å²) in [5, 5.41) is 133. The summed E-state index contributed by atoms with van der Waals surface area (Å²) in [5.41, 5.74) is 0. The van der Waals surface area contributed by atoms with Gasteiger partial charge in [0, 0.05) is 7.11 Å². The Balaban J connectivity index is 1.46. The Morgan fingerprint density at radius 1 is 0.435 bits per heavy atom. The second-order valence-corrected chi connectivity index (χ2v) is 11.4. The third-order valence-corrected chi connectivity index (χ3v) is 8.43. The minimum absolute atomic E-state index is 0.680. The molecular weight excluding hydrogens is 636 g/mol. The van der Waals surface area contributed by atoms with Crippen LogP contribution in [0.2, 0.25) is 0 Å². The zero-order valence-corrected chi connectivity index (χ0v) is 24.5. The lowest BCUT2D eigenvalue weighted by Gasteiger charge is -2.48. The van der Waals surface area contributed by atoms with Crippen LogP contribution in [-0.2, 0) is 37.9 Å².